The average Bonchev–Trinajstić information content (AvgIpc) is 3.04. The van der Waals surface area contributed by atoms with E-state index in [9.17, 15) is 9.59 Å². The average molecular weight is 685 g/mol. The molecule has 2 unspecified atom stereocenters. The highest BCUT2D eigenvalue weighted by Crippen LogP contribution is 2.43. The van der Waals surface area contributed by atoms with Crippen molar-refractivity contribution in [2.75, 3.05) is 0 Å². The summed E-state index contributed by atoms with van der Waals surface area (Å²) >= 11 is 0. The van der Waals surface area contributed by atoms with Gasteiger partial charge in [0.05, 0.1) is 11.1 Å². The number of rotatable bonds is 10. The Hall–Kier alpha value is -3.56. The van der Waals surface area contributed by atoms with E-state index in [1.54, 1.807) is 24.3 Å². The second-order valence-corrected chi connectivity index (χ2v) is 16.6. The SMILES string of the molecule is CC(ON1C(C)(C)CC(OC(=O)c2ccccc2C(=O)OC2CC(C)(C)N(OC(C)c3ccccc3)C(C)(C)C2)CC1(C)C)c1ccccc1. The largest absolute Gasteiger partial charge is 0.459 e. The van der Waals surface area contributed by atoms with Crippen molar-refractivity contribution < 1.29 is 28.7 Å². The van der Waals surface area contributed by atoms with E-state index in [0.29, 0.717) is 25.7 Å². The van der Waals surface area contributed by atoms with Crippen LogP contribution >= 0.6 is 0 Å². The maximum Gasteiger partial charge on any atom is 0.339 e. The summed E-state index contributed by atoms with van der Waals surface area (Å²) in [6.07, 6.45) is 1.28. The number of hydrogen-bond donors (Lipinski definition) is 0. The van der Waals surface area contributed by atoms with Crippen LogP contribution in [-0.2, 0) is 19.1 Å². The first-order valence-corrected chi connectivity index (χ1v) is 17.9. The van der Waals surface area contributed by atoms with Crippen LogP contribution in [0.25, 0.3) is 0 Å². The molecule has 2 atom stereocenters. The molecule has 0 amide bonds. The zero-order valence-electron chi connectivity index (χ0n) is 31.6. The van der Waals surface area contributed by atoms with Crippen molar-refractivity contribution >= 4 is 11.9 Å². The maximum absolute atomic E-state index is 13.8. The van der Waals surface area contributed by atoms with E-state index in [2.05, 4.69) is 104 Å². The van der Waals surface area contributed by atoms with Gasteiger partial charge in [-0.25, -0.2) is 9.59 Å². The standard InChI is InChI=1S/C42H56N2O6/c1-29(31-19-13-11-14-20-31)49-43-39(3,4)25-33(26-40(43,5)6)47-37(45)35-23-17-18-24-36(35)38(46)48-34-27-41(7,8)44(42(9,10)28-34)50-30(2)32-21-15-12-16-22-32/h11-24,29-30,33-34H,25-28H2,1-10H3. The number of benzene rings is 3. The Balaban J connectivity index is 1.24. The molecule has 8 heteroatoms. The fraction of sp³-hybridized carbons (Fsp3) is 0.524. The fourth-order valence-corrected chi connectivity index (χ4v) is 8.24. The second-order valence-electron chi connectivity index (χ2n) is 16.6. The highest BCUT2D eigenvalue weighted by molar-refractivity contribution is 6.03. The summed E-state index contributed by atoms with van der Waals surface area (Å²) in [5.74, 6) is -1.06. The van der Waals surface area contributed by atoms with Crippen LogP contribution in [0.4, 0.5) is 0 Å². The maximum atomic E-state index is 13.8. The van der Waals surface area contributed by atoms with Crippen molar-refractivity contribution in [2.24, 2.45) is 0 Å². The van der Waals surface area contributed by atoms with Gasteiger partial charge < -0.3 is 9.47 Å². The Bertz CT molecular complexity index is 1460. The first kappa shape index (κ1) is 37.7. The Morgan fingerprint density at radius 1 is 0.520 bits per heavy atom. The van der Waals surface area contributed by atoms with Crippen LogP contribution in [0, 0.1) is 0 Å². The van der Waals surface area contributed by atoms with Crippen LogP contribution in [-0.4, -0.2) is 56.4 Å². The van der Waals surface area contributed by atoms with Crippen molar-refractivity contribution in [1.82, 2.24) is 10.1 Å². The van der Waals surface area contributed by atoms with Gasteiger partial charge in [0.15, 0.2) is 0 Å². The summed E-state index contributed by atoms with van der Waals surface area (Å²) < 4.78 is 12.3. The number of carbonyl (C=O) groups is 2. The number of ether oxygens (including phenoxy) is 2. The van der Waals surface area contributed by atoms with E-state index < -0.39 is 34.1 Å². The molecule has 0 N–H and O–H groups in total. The van der Waals surface area contributed by atoms with E-state index in [1.807, 2.05) is 36.4 Å². The number of esters is 2. The molecule has 8 nitrogen and oxygen atoms in total. The summed E-state index contributed by atoms with van der Waals surface area (Å²) in [7, 11) is 0. The smallest absolute Gasteiger partial charge is 0.339 e. The summed E-state index contributed by atoms with van der Waals surface area (Å²) in [5.41, 5.74) is 0.910. The number of hydrogen-bond acceptors (Lipinski definition) is 8. The van der Waals surface area contributed by atoms with Crippen LogP contribution in [0.3, 0.4) is 0 Å². The molecular weight excluding hydrogens is 628 g/mol. The molecular formula is C42H56N2O6. The van der Waals surface area contributed by atoms with E-state index in [1.165, 1.54) is 0 Å². The van der Waals surface area contributed by atoms with Gasteiger partial charge in [0.25, 0.3) is 0 Å². The zero-order valence-corrected chi connectivity index (χ0v) is 31.6. The van der Waals surface area contributed by atoms with Crippen LogP contribution in [0.1, 0.15) is 139 Å². The minimum atomic E-state index is -0.528. The van der Waals surface area contributed by atoms with Crippen molar-refractivity contribution in [3.63, 3.8) is 0 Å². The quantitative estimate of drug-likeness (QED) is 0.196. The van der Waals surface area contributed by atoms with Crippen LogP contribution < -0.4 is 0 Å². The van der Waals surface area contributed by atoms with Crippen molar-refractivity contribution in [2.45, 2.75) is 141 Å². The lowest BCUT2D eigenvalue weighted by Gasteiger charge is -2.54. The molecule has 0 aromatic heterocycles. The molecule has 50 heavy (non-hydrogen) atoms. The number of piperidine rings is 2. The van der Waals surface area contributed by atoms with Crippen molar-refractivity contribution in [1.29, 1.82) is 0 Å². The molecule has 2 heterocycles. The number of nitrogens with zero attached hydrogens (tertiary/aromatic N) is 2. The molecule has 3 aromatic carbocycles. The Morgan fingerprint density at radius 2 is 0.800 bits per heavy atom. The third-order valence-electron chi connectivity index (χ3n) is 10.1. The van der Waals surface area contributed by atoms with E-state index in [4.69, 9.17) is 19.1 Å². The Labute approximate surface area is 298 Å². The summed E-state index contributed by atoms with van der Waals surface area (Å²) in [6, 6.07) is 27.1. The molecule has 2 aliphatic heterocycles. The van der Waals surface area contributed by atoms with Gasteiger partial charge >= 0.3 is 11.9 Å². The first-order valence-electron chi connectivity index (χ1n) is 17.9. The molecule has 2 fully saturated rings. The van der Waals surface area contributed by atoms with Crippen molar-refractivity contribution in [3.8, 4) is 0 Å². The lowest BCUT2D eigenvalue weighted by atomic mass is 9.80. The van der Waals surface area contributed by atoms with Crippen LogP contribution in [0.5, 0.6) is 0 Å². The van der Waals surface area contributed by atoms with Gasteiger partial charge in [-0.1, -0.05) is 72.8 Å². The van der Waals surface area contributed by atoms with Crippen LogP contribution in [0.15, 0.2) is 84.9 Å². The molecule has 0 spiro atoms. The molecule has 0 radical (unpaired) electrons. The highest BCUT2D eigenvalue weighted by atomic mass is 16.7. The van der Waals surface area contributed by atoms with Gasteiger partial charge in [-0.2, -0.15) is 10.1 Å². The molecule has 270 valence electrons. The molecule has 0 aliphatic carbocycles. The minimum Gasteiger partial charge on any atom is -0.459 e. The summed E-state index contributed by atoms with van der Waals surface area (Å²) in [5, 5.41) is 4.13. The summed E-state index contributed by atoms with van der Waals surface area (Å²) in [6.45, 7) is 21.0. The summed E-state index contributed by atoms with van der Waals surface area (Å²) in [4.78, 5) is 40.7. The van der Waals surface area contributed by atoms with E-state index >= 15 is 0 Å². The minimum absolute atomic E-state index is 0.138. The topological polar surface area (TPSA) is 77.5 Å². The van der Waals surface area contributed by atoms with E-state index in [-0.39, 0.29) is 35.5 Å². The Morgan fingerprint density at radius 3 is 1.10 bits per heavy atom. The number of hydroxylamine groups is 4. The van der Waals surface area contributed by atoms with Gasteiger partial charge in [-0.15, -0.1) is 0 Å². The molecule has 0 saturated carbocycles. The lowest BCUT2D eigenvalue weighted by Crippen LogP contribution is -2.62. The molecule has 3 aromatic rings. The molecule has 0 bridgehead atoms. The highest BCUT2D eigenvalue weighted by Gasteiger charge is 2.50. The van der Waals surface area contributed by atoms with Gasteiger partial charge in [0.2, 0.25) is 0 Å². The van der Waals surface area contributed by atoms with Crippen LogP contribution in [0.2, 0.25) is 0 Å². The first-order chi connectivity index (χ1) is 23.4. The zero-order chi connectivity index (χ0) is 36.5. The van der Waals surface area contributed by atoms with Gasteiger partial charge in [-0.3, -0.25) is 9.68 Å². The van der Waals surface area contributed by atoms with Gasteiger partial charge in [-0.05, 0) is 92.5 Å². The normalized spacial score (nSPS) is 22.0. The second kappa shape index (κ2) is 14.6. The van der Waals surface area contributed by atoms with Gasteiger partial charge in [0.1, 0.15) is 24.4 Å². The third kappa shape index (κ3) is 8.48. The van der Waals surface area contributed by atoms with Crippen molar-refractivity contribution in [3.05, 3.63) is 107 Å². The lowest BCUT2D eigenvalue weighted by molar-refractivity contribution is -0.313. The third-order valence-corrected chi connectivity index (χ3v) is 10.1. The molecule has 2 saturated heterocycles. The monoisotopic (exact) mass is 684 g/mol. The molecule has 5 rings (SSSR count). The predicted molar refractivity (Wildman–Crippen MR) is 195 cm³/mol. The molecule has 2 aliphatic rings. The van der Waals surface area contributed by atoms with Gasteiger partial charge in [0, 0.05) is 47.8 Å². The van der Waals surface area contributed by atoms with E-state index in [0.717, 1.165) is 11.1 Å². The number of carbonyl (C=O) groups excluding carboxylic acids is 2. The predicted octanol–water partition coefficient (Wildman–Crippen LogP) is 9.43. The fourth-order valence-electron chi connectivity index (χ4n) is 8.24. The Kier molecular flexibility index (Phi) is 11.0.